The Morgan fingerprint density at radius 3 is 3.00 bits per heavy atom. The molecule has 0 bridgehead atoms. The normalized spacial score (nSPS) is 13.9. The Morgan fingerprint density at radius 2 is 2.32 bits per heavy atom. The summed E-state index contributed by atoms with van der Waals surface area (Å²) in [5.74, 6) is 1.17. The van der Waals surface area contributed by atoms with Gasteiger partial charge in [0.15, 0.2) is 5.11 Å². The molecule has 3 rings (SSSR count). The monoisotopic (exact) mass is 336 g/mol. The van der Waals surface area contributed by atoms with Gasteiger partial charge in [0.1, 0.15) is 0 Å². The molecular formula is C15H17ClN4OS. The molecule has 1 aliphatic carbocycles. The Morgan fingerprint density at radius 1 is 1.50 bits per heavy atom. The molecule has 0 radical (unpaired) electrons. The number of nitrogens with zero attached hydrogens (tertiary/aromatic N) is 3. The van der Waals surface area contributed by atoms with Gasteiger partial charge < -0.3 is 14.7 Å². The molecule has 0 spiro atoms. The molecule has 1 N–H and O–H groups in total. The van der Waals surface area contributed by atoms with Gasteiger partial charge in [0, 0.05) is 36.6 Å². The fourth-order valence-electron chi connectivity index (χ4n) is 2.30. The van der Waals surface area contributed by atoms with Crippen molar-refractivity contribution in [2.75, 3.05) is 13.6 Å². The van der Waals surface area contributed by atoms with E-state index in [1.165, 1.54) is 12.8 Å². The molecule has 5 nitrogen and oxygen atoms in total. The van der Waals surface area contributed by atoms with Crippen molar-refractivity contribution in [2.24, 2.45) is 0 Å². The molecule has 1 fully saturated rings. The van der Waals surface area contributed by atoms with E-state index in [9.17, 15) is 0 Å². The summed E-state index contributed by atoms with van der Waals surface area (Å²) < 4.78 is 5.33. The van der Waals surface area contributed by atoms with E-state index in [4.69, 9.17) is 28.3 Å². The second kappa shape index (κ2) is 6.62. The predicted octanol–water partition coefficient (Wildman–Crippen LogP) is 2.90. The maximum absolute atomic E-state index is 5.98. The lowest BCUT2D eigenvalue weighted by Gasteiger charge is -2.23. The Balaban J connectivity index is 1.65. The second-order valence-electron chi connectivity index (χ2n) is 5.25. The van der Waals surface area contributed by atoms with E-state index in [1.54, 1.807) is 0 Å². The number of benzene rings is 1. The number of halogens is 1. The average molecular weight is 337 g/mol. The van der Waals surface area contributed by atoms with Crippen molar-refractivity contribution in [2.45, 2.75) is 25.3 Å². The van der Waals surface area contributed by atoms with Crippen LogP contribution in [0.25, 0.3) is 11.4 Å². The lowest BCUT2D eigenvalue weighted by atomic mass is 10.2. The number of thiocarbonyl (C=S) groups is 1. The molecule has 1 aromatic carbocycles. The molecular weight excluding hydrogens is 320 g/mol. The number of rotatable bonds is 5. The summed E-state index contributed by atoms with van der Waals surface area (Å²) in [5, 5.41) is 8.49. The molecule has 1 aliphatic rings. The SMILES string of the molecule is CNC(=S)N(CCc1nc(-c2cccc(Cl)c2)no1)C1CC1. The first kappa shape index (κ1) is 15.2. The van der Waals surface area contributed by atoms with Crippen molar-refractivity contribution in [1.82, 2.24) is 20.4 Å². The molecule has 0 atom stereocenters. The van der Waals surface area contributed by atoms with Crippen molar-refractivity contribution in [3.8, 4) is 11.4 Å². The van der Waals surface area contributed by atoms with E-state index >= 15 is 0 Å². The van der Waals surface area contributed by atoms with Crippen molar-refractivity contribution < 1.29 is 4.52 Å². The summed E-state index contributed by atoms with van der Waals surface area (Å²) in [6.45, 7) is 0.779. The highest BCUT2D eigenvalue weighted by atomic mass is 35.5. The third-order valence-corrected chi connectivity index (χ3v) is 4.25. The minimum atomic E-state index is 0.551. The van der Waals surface area contributed by atoms with Crippen LogP contribution in [-0.4, -0.2) is 39.8 Å². The van der Waals surface area contributed by atoms with Gasteiger partial charge in [-0.15, -0.1) is 0 Å². The Kier molecular flexibility index (Phi) is 4.59. The van der Waals surface area contributed by atoms with Gasteiger partial charge in [0.2, 0.25) is 11.7 Å². The van der Waals surface area contributed by atoms with Crippen molar-refractivity contribution >= 4 is 28.9 Å². The van der Waals surface area contributed by atoms with Gasteiger partial charge in [-0.3, -0.25) is 0 Å². The molecule has 7 heteroatoms. The van der Waals surface area contributed by atoms with Crippen LogP contribution in [0.2, 0.25) is 5.02 Å². The molecule has 0 aliphatic heterocycles. The zero-order chi connectivity index (χ0) is 15.5. The van der Waals surface area contributed by atoms with Crippen molar-refractivity contribution in [1.29, 1.82) is 0 Å². The summed E-state index contributed by atoms with van der Waals surface area (Å²) in [4.78, 5) is 6.62. The van der Waals surface area contributed by atoms with Crippen LogP contribution in [0.5, 0.6) is 0 Å². The minimum Gasteiger partial charge on any atom is -0.366 e. The lowest BCUT2D eigenvalue weighted by molar-refractivity contribution is 0.345. The minimum absolute atomic E-state index is 0.551. The second-order valence-corrected chi connectivity index (χ2v) is 6.07. The number of aromatic nitrogens is 2. The third kappa shape index (κ3) is 3.56. The van der Waals surface area contributed by atoms with Crippen LogP contribution in [0, 0.1) is 0 Å². The first-order valence-corrected chi connectivity index (χ1v) is 8.03. The Bertz CT molecular complexity index is 671. The van der Waals surface area contributed by atoms with Gasteiger partial charge >= 0.3 is 0 Å². The van der Waals surface area contributed by atoms with Gasteiger partial charge in [-0.2, -0.15) is 4.98 Å². The zero-order valence-electron chi connectivity index (χ0n) is 12.3. The Labute approximate surface area is 139 Å². The first-order chi connectivity index (χ1) is 10.7. The summed E-state index contributed by atoms with van der Waals surface area (Å²) in [6.07, 6.45) is 3.06. The largest absolute Gasteiger partial charge is 0.366 e. The maximum Gasteiger partial charge on any atom is 0.228 e. The average Bonchev–Trinajstić information content (AvgIpc) is 3.24. The van der Waals surface area contributed by atoms with Gasteiger partial charge in [-0.25, -0.2) is 0 Å². The van der Waals surface area contributed by atoms with Crippen LogP contribution >= 0.6 is 23.8 Å². The summed E-state index contributed by atoms with van der Waals surface area (Å²) in [6, 6.07) is 7.97. The highest BCUT2D eigenvalue weighted by molar-refractivity contribution is 7.80. The van der Waals surface area contributed by atoms with Crippen LogP contribution in [0.3, 0.4) is 0 Å². The van der Waals surface area contributed by atoms with Crippen molar-refractivity contribution in [3.63, 3.8) is 0 Å². The Hall–Kier alpha value is -1.66. The molecule has 22 heavy (non-hydrogen) atoms. The van der Waals surface area contributed by atoms with Crippen LogP contribution < -0.4 is 5.32 Å². The summed E-state index contributed by atoms with van der Waals surface area (Å²) >= 11 is 11.3. The fourth-order valence-corrected chi connectivity index (χ4v) is 2.73. The number of hydrogen-bond acceptors (Lipinski definition) is 4. The molecule has 1 saturated carbocycles. The molecule has 0 saturated heterocycles. The predicted molar refractivity (Wildman–Crippen MR) is 89.8 cm³/mol. The third-order valence-electron chi connectivity index (χ3n) is 3.58. The molecule has 0 amide bonds. The quantitative estimate of drug-likeness (QED) is 0.847. The molecule has 0 unspecified atom stereocenters. The molecule has 1 aromatic heterocycles. The highest BCUT2D eigenvalue weighted by Gasteiger charge is 2.30. The van der Waals surface area contributed by atoms with Crippen LogP contribution in [0.1, 0.15) is 18.7 Å². The lowest BCUT2D eigenvalue weighted by Crippen LogP contribution is -2.40. The number of hydrogen-bond donors (Lipinski definition) is 1. The summed E-state index contributed by atoms with van der Waals surface area (Å²) in [7, 11) is 1.85. The molecule has 1 heterocycles. The first-order valence-electron chi connectivity index (χ1n) is 7.24. The zero-order valence-corrected chi connectivity index (χ0v) is 13.8. The summed E-state index contributed by atoms with van der Waals surface area (Å²) in [5.41, 5.74) is 0.854. The highest BCUT2D eigenvalue weighted by Crippen LogP contribution is 2.27. The molecule has 2 aromatic rings. The number of nitrogens with one attached hydrogen (secondary N) is 1. The van der Waals surface area contributed by atoms with E-state index in [2.05, 4.69) is 20.4 Å². The van der Waals surface area contributed by atoms with E-state index < -0.39 is 0 Å². The van der Waals surface area contributed by atoms with Crippen LogP contribution in [-0.2, 0) is 6.42 Å². The standard InChI is InChI=1S/C15H17ClN4OS/c1-17-15(22)20(12-5-6-12)8-7-13-18-14(19-21-13)10-3-2-4-11(16)9-10/h2-4,9,12H,5-8H2,1H3,(H,17,22). The van der Waals surface area contributed by atoms with E-state index in [1.807, 2.05) is 31.3 Å². The molecule has 116 valence electrons. The van der Waals surface area contributed by atoms with Crippen LogP contribution in [0.15, 0.2) is 28.8 Å². The smallest absolute Gasteiger partial charge is 0.228 e. The fraction of sp³-hybridized carbons (Fsp3) is 0.400. The maximum atomic E-state index is 5.98. The van der Waals surface area contributed by atoms with Gasteiger partial charge in [0.25, 0.3) is 0 Å². The van der Waals surface area contributed by atoms with E-state index in [-0.39, 0.29) is 0 Å². The van der Waals surface area contributed by atoms with Gasteiger partial charge in [-0.05, 0) is 37.2 Å². The van der Waals surface area contributed by atoms with Gasteiger partial charge in [-0.1, -0.05) is 28.9 Å². The van der Waals surface area contributed by atoms with Gasteiger partial charge in [0.05, 0.1) is 0 Å². The van der Waals surface area contributed by atoms with E-state index in [0.29, 0.717) is 29.2 Å². The van der Waals surface area contributed by atoms with Crippen molar-refractivity contribution in [3.05, 3.63) is 35.2 Å². The topological polar surface area (TPSA) is 54.2 Å². The van der Waals surface area contributed by atoms with E-state index in [0.717, 1.165) is 17.2 Å². The van der Waals surface area contributed by atoms with Crippen LogP contribution in [0.4, 0.5) is 0 Å².